The number of benzene rings is 1. The predicted molar refractivity (Wildman–Crippen MR) is 76.8 cm³/mol. The molecule has 0 bridgehead atoms. The molecular weight excluding hydrogens is 286 g/mol. The highest BCUT2D eigenvalue weighted by molar-refractivity contribution is 7.91. The Labute approximate surface area is 119 Å². The smallest absolute Gasteiger partial charge is 0.235 e. The summed E-state index contributed by atoms with van der Waals surface area (Å²) in [6.45, 7) is 3.75. The van der Waals surface area contributed by atoms with Crippen molar-refractivity contribution in [3.05, 3.63) is 34.9 Å². The van der Waals surface area contributed by atoms with E-state index in [9.17, 15) is 13.2 Å². The van der Waals surface area contributed by atoms with Gasteiger partial charge in [0.25, 0.3) is 0 Å². The van der Waals surface area contributed by atoms with Gasteiger partial charge in [-0.25, -0.2) is 8.42 Å². The molecule has 0 spiro atoms. The fraction of sp³-hybridized carbons (Fsp3) is 0.462. The van der Waals surface area contributed by atoms with E-state index in [4.69, 9.17) is 11.6 Å². The van der Waals surface area contributed by atoms with E-state index in [1.165, 1.54) is 0 Å². The molecule has 1 unspecified atom stereocenters. The second kappa shape index (κ2) is 6.91. The average molecular weight is 304 g/mol. The molecule has 1 N–H and O–H groups in total. The Morgan fingerprint density at radius 3 is 2.58 bits per heavy atom. The molecule has 4 nitrogen and oxygen atoms in total. The molecule has 0 saturated carbocycles. The number of halogens is 1. The second-order valence-corrected chi connectivity index (χ2v) is 6.97. The van der Waals surface area contributed by atoms with Crippen molar-refractivity contribution in [2.75, 3.05) is 5.75 Å². The van der Waals surface area contributed by atoms with Gasteiger partial charge >= 0.3 is 0 Å². The van der Waals surface area contributed by atoms with Crippen molar-refractivity contribution in [2.45, 2.75) is 32.1 Å². The topological polar surface area (TPSA) is 63.2 Å². The van der Waals surface area contributed by atoms with Gasteiger partial charge < -0.3 is 5.32 Å². The lowest BCUT2D eigenvalue weighted by Crippen LogP contribution is -2.36. The molecule has 0 aromatic heterocycles. The van der Waals surface area contributed by atoms with E-state index < -0.39 is 21.5 Å². The summed E-state index contributed by atoms with van der Waals surface area (Å²) in [7, 11) is -3.51. The number of amides is 1. The van der Waals surface area contributed by atoms with Gasteiger partial charge in [0.2, 0.25) is 5.91 Å². The van der Waals surface area contributed by atoms with Crippen LogP contribution in [0.25, 0.3) is 0 Å². The van der Waals surface area contributed by atoms with Crippen LogP contribution in [0, 0.1) is 0 Å². The molecule has 1 aromatic carbocycles. The monoisotopic (exact) mass is 303 g/mol. The summed E-state index contributed by atoms with van der Waals surface area (Å²) in [5, 5.41) is 3.03. The molecule has 1 rings (SSSR count). The summed E-state index contributed by atoms with van der Waals surface area (Å²) < 4.78 is 23.8. The van der Waals surface area contributed by atoms with Crippen LogP contribution in [0.2, 0.25) is 5.02 Å². The van der Waals surface area contributed by atoms with Crippen LogP contribution >= 0.6 is 11.6 Å². The Hall–Kier alpha value is -1.07. The lowest BCUT2D eigenvalue weighted by molar-refractivity contribution is -0.119. The fourth-order valence-corrected chi connectivity index (χ4v) is 3.11. The highest BCUT2D eigenvalue weighted by Crippen LogP contribution is 2.17. The van der Waals surface area contributed by atoms with Crippen LogP contribution in [0.3, 0.4) is 0 Å². The molecule has 1 atom stereocenters. The maximum absolute atomic E-state index is 11.9. The van der Waals surface area contributed by atoms with Crippen LogP contribution < -0.4 is 5.32 Å². The number of nitrogens with one attached hydrogen (secondary N) is 1. The van der Waals surface area contributed by atoms with Gasteiger partial charge in [0.15, 0.2) is 9.84 Å². The molecule has 19 heavy (non-hydrogen) atoms. The lowest BCUT2D eigenvalue weighted by atomic mass is 10.2. The van der Waals surface area contributed by atoms with Crippen molar-refractivity contribution in [2.24, 2.45) is 0 Å². The van der Waals surface area contributed by atoms with E-state index in [2.05, 4.69) is 5.32 Å². The first-order chi connectivity index (χ1) is 8.84. The van der Waals surface area contributed by atoms with Crippen LogP contribution in [-0.4, -0.2) is 26.1 Å². The molecule has 6 heteroatoms. The average Bonchev–Trinajstić information content (AvgIpc) is 2.30. The van der Waals surface area contributed by atoms with Gasteiger partial charge in [-0.3, -0.25) is 4.79 Å². The minimum absolute atomic E-state index is 0.0250. The third kappa shape index (κ3) is 5.61. The van der Waals surface area contributed by atoms with Crippen LogP contribution in [0.1, 0.15) is 25.8 Å². The summed E-state index contributed by atoms with van der Waals surface area (Å²) in [5.41, 5.74) is 0.514. The summed E-state index contributed by atoms with van der Waals surface area (Å²) >= 11 is 5.91. The highest BCUT2D eigenvalue weighted by atomic mass is 35.5. The highest BCUT2D eigenvalue weighted by Gasteiger charge is 2.19. The lowest BCUT2D eigenvalue weighted by Gasteiger charge is -2.11. The quantitative estimate of drug-likeness (QED) is 0.876. The molecule has 0 saturated heterocycles. The standard InChI is InChI=1S/C13H18ClNO3S/c1-3-10(2)15-13(16)9-19(17,18)8-11-6-4-5-7-12(11)14/h4-7,10H,3,8-9H2,1-2H3,(H,15,16). The van der Waals surface area contributed by atoms with Crippen molar-refractivity contribution < 1.29 is 13.2 Å². The minimum Gasteiger partial charge on any atom is -0.353 e. The molecule has 106 valence electrons. The predicted octanol–water partition coefficient (Wildman–Crippen LogP) is 2.17. The summed E-state index contributed by atoms with van der Waals surface area (Å²) in [6, 6.07) is 6.70. The van der Waals surface area contributed by atoms with Crippen LogP contribution in [0.4, 0.5) is 0 Å². The van der Waals surface area contributed by atoms with Crippen molar-refractivity contribution >= 4 is 27.3 Å². The normalized spacial score (nSPS) is 13.0. The summed E-state index contributed by atoms with van der Waals surface area (Å²) in [4.78, 5) is 11.6. The zero-order valence-electron chi connectivity index (χ0n) is 11.0. The number of hydrogen-bond acceptors (Lipinski definition) is 3. The first-order valence-electron chi connectivity index (χ1n) is 6.07. The molecule has 0 fully saturated rings. The van der Waals surface area contributed by atoms with Crippen molar-refractivity contribution in [3.8, 4) is 0 Å². The molecular formula is C13H18ClNO3S. The minimum atomic E-state index is -3.51. The molecule has 0 aliphatic rings. The fourth-order valence-electron chi connectivity index (χ4n) is 1.52. The molecule has 1 amide bonds. The maximum Gasteiger partial charge on any atom is 0.235 e. The van der Waals surface area contributed by atoms with Gasteiger partial charge in [-0.05, 0) is 25.0 Å². The van der Waals surface area contributed by atoms with E-state index in [1.807, 2.05) is 13.8 Å². The van der Waals surface area contributed by atoms with Gasteiger partial charge in [-0.2, -0.15) is 0 Å². The number of hydrogen-bond donors (Lipinski definition) is 1. The zero-order chi connectivity index (χ0) is 14.5. The Bertz CT molecular complexity index is 543. The van der Waals surface area contributed by atoms with Crippen molar-refractivity contribution in [3.63, 3.8) is 0 Å². The van der Waals surface area contributed by atoms with Gasteiger partial charge in [0.05, 0.1) is 5.75 Å². The van der Waals surface area contributed by atoms with Gasteiger partial charge in [-0.1, -0.05) is 36.7 Å². The third-order valence-electron chi connectivity index (χ3n) is 2.70. The molecule has 0 aliphatic heterocycles. The van der Waals surface area contributed by atoms with Gasteiger partial charge in [0, 0.05) is 11.1 Å². The Morgan fingerprint density at radius 2 is 2.00 bits per heavy atom. The van der Waals surface area contributed by atoms with E-state index in [0.29, 0.717) is 10.6 Å². The van der Waals surface area contributed by atoms with E-state index in [0.717, 1.165) is 6.42 Å². The van der Waals surface area contributed by atoms with Gasteiger partial charge in [-0.15, -0.1) is 0 Å². The zero-order valence-corrected chi connectivity index (χ0v) is 12.6. The van der Waals surface area contributed by atoms with Crippen molar-refractivity contribution in [1.29, 1.82) is 0 Å². The van der Waals surface area contributed by atoms with E-state index in [1.54, 1.807) is 24.3 Å². The first-order valence-corrected chi connectivity index (χ1v) is 8.27. The largest absolute Gasteiger partial charge is 0.353 e. The number of sulfone groups is 1. The molecule has 0 aliphatic carbocycles. The van der Waals surface area contributed by atoms with E-state index in [-0.39, 0.29) is 11.8 Å². The summed E-state index contributed by atoms with van der Waals surface area (Å²) in [5.74, 6) is -1.20. The van der Waals surface area contributed by atoms with Crippen molar-refractivity contribution in [1.82, 2.24) is 5.32 Å². The molecule has 1 aromatic rings. The second-order valence-electron chi connectivity index (χ2n) is 4.50. The number of carbonyl (C=O) groups is 1. The maximum atomic E-state index is 11.9. The van der Waals surface area contributed by atoms with Gasteiger partial charge in [0.1, 0.15) is 5.75 Å². The van der Waals surface area contributed by atoms with Crippen LogP contribution in [0.5, 0.6) is 0 Å². The number of carbonyl (C=O) groups excluding carboxylic acids is 1. The number of rotatable bonds is 6. The SMILES string of the molecule is CCC(C)NC(=O)CS(=O)(=O)Cc1ccccc1Cl. The molecule has 0 heterocycles. The van der Waals surface area contributed by atoms with E-state index >= 15 is 0 Å². The molecule has 0 radical (unpaired) electrons. The summed E-state index contributed by atoms with van der Waals surface area (Å²) in [6.07, 6.45) is 0.760. The third-order valence-corrected chi connectivity index (χ3v) is 4.53. The van der Waals surface area contributed by atoms with Crippen LogP contribution in [-0.2, 0) is 20.4 Å². The first kappa shape index (κ1) is 16.0. The Balaban J connectivity index is 2.67. The van der Waals surface area contributed by atoms with Crippen LogP contribution in [0.15, 0.2) is 24.3 Å². The Morgan fingerprint density at radius 1 is 1.37 bits per heavy atom. The Kier molecular flexibility index (Phi) is 5.82.